The number of benzene rings is 1. The molecule has 0 spiro atoms. The highest BCUT2D eigenvalue weighted by Crippen LogP contribution is 2.07. The van der Waals surface area contributed by atoms with E-state index < -0.39 is 0 Å². The van der Waals surface area contributed by atoms with Crippen LogP contribution in [0.1, 0.15) is 18.2 Å². The summed E-state index contributed by atoms with van der Waals surface area (Å²) >= 11 is 1.57. The molecule has 1 unspecified atom stereocenters. The van der Waals surface area contributed by atoms with Crippen molar-refractivity contribution in [3.63, 3.8) is 0 Å². The molecule has 1 atom stereocenters. The number of carbonyl (C=O) groups is 1. The molecule has 1 aromatic heterocycles. The average Bonchev–Trinajstić information content (AvgIpc) is 2.98. The van der Waals surface area contributed by atoms with Gasteiger partial charge >= 0.3 is 0 Å². The third-order valence-corrected chi connectivity index (χ3v) is 3.88. The maximum absolute atomic E-state index is 12.1. The molecule has 0 aliphatic heterocycles. The number of hydrogen-bond acceptors (Lipinski definition) is 4. The molecule has 0 saturated heterocycles. The summed E-state index contributed by atoms with van der Waals surface area (Å²) in [6.07, 6.45) is 0. The van der Waals surface area contributed by atoms with Crippen LogP contribution in [0.4, 0.5) is 0 Å². The van der Waals surface area contributed by atoms with Crippen LogP contribution in [0.5, 0.6) is 0 Å². The van der Waals surface area contributed by atoms with Crippen molar-refractivity contribution < 1.29 is 4.79 Å². The summed E-state index contributed by atoms with van der Waals surface area (Å²) in [6, 6.07) is 9.74. The van der Waals surface area contributed by atoms with E-state index in [1.807, 2.05) is 60.1 Å². The van der Waals surface area contributed by atoms with Crippen LogP contribution >= 0.6 is 11.3 Å². The number of hydrogen-bond donors (Lipinski definition) is 1. The Hall–Kier alpha value is -1.72. The lowest BCUT2D eigenvalue weighted by Gasteiger charge is -2.23. The van der Waals surface area contributed by atoms with Gasteiger partial charge in [-0.1, -0.05) is 30.3 Å². The molecular weight excluding hydrogens is 270 g/mol. The Balaban J connectivity index is 1.82. The van der Waals surface area contributed by atoms with E-state index in [1.165, 1.54) is 0 Å². The van der Waals surface area contributed by atoms with Gasteiger partial charge in [-0.3, -0.25) is 9.69 Å². The fourth-order valence-electron chi connectivity index (χ4n) is 1.84. The summed E-state index contributed by atoms with van der Waals surface area (Å²) < 4.78 is 0. The second-order valence-corrected chi connectivity index (χ2v) is 5.49. The number of nitrogens with one attached hydrogen (secondary N) is 1. The summed E-state index contributed by atoms with van der Waals surface area (Å²) in [7, 11) is 1.94. The van der Waals surface area contributed by atoms with Crippen molar-refractivity contribution in [3.8, 4) is 0 Å². The zero-order valence-corrected chi connectivity index (χ0v) is 12.6. The second kappa shape index (κ2) is 7.17. The third-order valence-electron chi connectivity index (χ3n) is 3.25. The predicted molar refractivity (Wildman–Crippen MR) is 81.3 cm³/mol. The highest BCUT2D eigenvalue weighted by atomic mass is 32.1. The molecule has 0 saturated carbocycles. The van der Waals surface area contributed by atoms with Crippen LogP contribution in [0.15, 0.2) is 41.2 Å². The number of aromatic nitrogens is 1. The first-order valence-electron chi connectivity index (χ1n) is 6.56. The predicted octanol–water partition coefficient (Wildman–Crippen LogP) is 2.28. The molecule has 0 radical (unpaired) electrons. The first-order valence-corrected chi connectivity index (χ1v) is 7.50. The van der Waals surface area contributed by atoms with E-state index in [4.69, 9.17) is 0 Å². The molecule has 0 aliphatic rings. The van der Waals surface area contributed by atoms with Crippen LogP contribution in [0.2, 0.25) is 0 Å². The van der Waals surface area contributed by atoms with Gasteiger partial charge < -0.3 is 5.32 Å². The van der Waals surface area contributed by atoms with E-state index >= 15 is 0 Å². The van der Waals surface area contributed by atoms with Crippen molar-refractivity contribution >= 4 is 17.2 Å². The van der Waals surface area contributed by atoms with Crippen molar-refractivity contribution in [1.82, 2.24) is 15.2 Å². The van der Waals surface area contributed by atoms with Crippen LogP contribution in [-0.4, -0.2) is 28.9 Å². The van der Waals surface area contributed by atoms with Gasteiger partial charge in [0.15, 0.2) is 0 Å². The summed E-state index contributed by atoms with van der Waals surface area (Å²) in [5.41, 5.74) is 3.92. The fraction of sp³-hybridized carbons (Fsp3) is 0.333. The summed E-state index contributed by atoms with van der Waals surface area (Å²) in [5, 5.41) is 4.97. The van der Waals surface area contributed by atoms with Crippen molar-refractivity contribution in [2.45, 2.75) is 26.1 Å². The van der Waals surface area contributed by atoms with Gasteiger partial charge in [-0.25, -0.2) is 4.98 Å². The smallest absolute Gasteiger partial charge is 0.237 e. The van der Waals surface area contributed by atoms with Gasteiger partial charge in [-0.05, 0) is 19.5 Å². The Kier molecular flexibility index (Phi) is 5.26. The van der Waals surface area contributed by atoms with Crippen LogP contribution in [0.25, 0.3) is 0 Å². The van der Waals surface area contributed by atoms with Crippen LogP contribution in [0.3, 0.4) is 0 Å². The van der Waals surface area contributed by atoms with Crippen LogP contribution in [0, 0.1) is 0 Å². The Morgan fingerprint density at radius 2 is 2.15 bits per heavy atom. The lowest BCUT2D eigenvalue weighted by molar-refractivity contribution is -0.125. The molecule has 0 aliphatic carbocycles. The Labute approximate surface area is 123 Å². The van der Waals surface area contributed by atoms with Crippen LogP contribution in [-0.2, 0) is 17.9 Å². The van der Waals surface area contributed by atoms with Gasteiger partial charge in [0.1, 0.15) is 0 Å². The monoisotopic (exact) mass is 289 g/mol. The third kappa shape index (κ3) is 4.15. The Bertz CT molecular complexity index is 527. The number of carbonyl (C=O) groups excluding carboxylic acids is 1. The minimum absolute atomic E-state index is 0.0339. The molecule has 4 nitrogen and oxygen atoms in total. The summed E-state index contributed by atoms with van der Waals surface area (Å²) in [4.78, 5) is 18.3. The van der Waals surface area contributed by atoms with Crippen molar-refractivity contribution in [2.75, 3.05) is 7.05 Å². The van der Waals surface area contributed by atoms with Gasteiger partial charge in [0.25, 0.3) is 0 Å². The number of likely N-dealkylation sites (N-methyl/N-ethyl adjacent to an activating group) is 1. The second-order valence-electron chi connectivity index (χ2n) is 4.77. The number of rotatable bonds is 6. The lowest BCUT2D eigenvalue weighted by Crippen LogP contribution is -2.42. The number of nitrogens with zero attached hydrogens (tertiary/aromatic N) is 2. The normalized spacial score (nSPS) is 12.3. The summed E-state index contributed by atoms with van der Waals surface area (Å²) in [5.74, 6) is 0.0339. The van der Waals surface area contributed by atoms with Crippen molar-refractivity contribution in [1.29, 1.82) is 0 Å². The molecule has 0 bridgehead atoms. The number of thiazole rings is 1. The standard InChI is InChI=1S/C15H19N3OS/c1-12(18(2)9-14-10-20-11-17-14)15(19)16-8-13-6-4-3-5-7-13/h3-7,10-12H,8-9H2,1-2H3,(H,16,19). The first-order chi connectivity index (χ1) is 9.66. The summed E-state index contributed by atoms with van der Waals surface area (Å²) in [6.45, 7) is 3.16. The molecule has 1 heterocycles. The average molecular weight is 289 g/mol. The zero-order valence-electron chi connectivity index (χ0n) is 11.7. The largest absolute Gasteiger partial charge is 0.351 e. The minimum atomic E-state index is -0.180. The molecule has 2 rings (SSSR count). The van der Waals surface area contributed by atoms with E-state index in [0.29, 0.717) is 13.1 Å². The van der Waals surface area contributed by atoms with E-state index in [2.05, 4.69) is 10.3 Å². The molecule has 1 aromatic carbocycles. The molecule has 106 valence electrons. The molecule has 20 heavy (non-hydrogen) atoms. The van der Waals surface area contributed by atoms with Gasteiger partial charge in [0, 0.05) is 18.5 Å². The topological polar surface area (TPSA) is 45.2 Å². The van der Waals surface area contributed by atoms with E-state index in [9.17, 15) is 4.79 Å². The Morgan fingerprint density at radius 1 is 1.40 bits per heavy atom. The fourth-order valence-corrected chi connectivity index (χ4v) is 2.39. The Morgan fingerprint density at radius 3 is 2.80 bits per heavy atom. The quantitative estimate of drug-likeness (QED) is 0.887. The molecule has 1 N–H and O–H groups in total. The maximum atomic E-state index is 12.1. The SMILES string of the molecule is CC(C(=O)NCc1ccccc1)N(C)Cc1cscn1. The van der Waals surface area contributed by atoms with Crippen molar-refractivity contribution in [2.24, 2.45) is 0 Å². The molecular formula is C15H19N3OS. The molecule has 2 aromatic rings. The lowest BCUT2D eigenvalue weighted by atomic mass is 10.2. The minimum Gasteiger partial charge on any atom is -0.351 e. The van der Waals surface area contributed by atoms with Gasteiger partial charge in [0.2, 0.25) is 5.91 Å². The van der Waals surface area contributed by atoms with Gasteiger partial charge in [-0.2, -0.15) is 0 Å². The van der Waals surface area contributed by atoms with Gasteiger partial charge in [-0.15, -0.1) is 11.3 Å². The molecule has 0 fully saturated rings. The van der Waals surface area contributed by atoms with Gasteiger partial charge in [0.05, 0.1) is 17.2 Å². The maximum Gasteiger partial charge on any atom is 0.237 e. The highest BCUT2D eigenvalue weighted by molar-refractivity contribution is 7.07. The van der Waals surface area contributed by atoms with E-state index in [0.717, 1.165) is 11.3 Å². The number of amides is 1. The van der Waals surface area contributed by atoms with E-state index in [-0.39, 0.29) is 11.9 Å². The molecule has 5 heteroatoms. The first kappa shape index (κ1) is 14.7. The highest BCUT2D eigenvalue weighted by Gasteiger charge is 2.18. The molecule has 1 amide bonds. The zero-order chi connectivity index (χ0) is 14.4. The van der Waals surface area contributed by atoms with Crippen LogP contribution < -0.4 is 5.32 Å². The van der Waals surface area contributed by atoms with E-state index in [1.54, 1.807) is 11.3 Å². The van der Waals surface area contributed by atoms with Crippen molar-refractivity contribution in [3.05, 3.63) is 52.5 Å².